The molecule has 0 radical (unpaired) electrons. The summed E-state index contributed by atoms with van der Waals surface area (Å²) in [6.07, 6.45) is -0.510. The third kappa shape index (κ3) is 3.42. The number of hydrogen-bond donors (Lipinski definition) is 0. The maximum atomic E-state index is 13.9. The van der Waals surface area contributed by atoms with Crippen molar-refractivity contribution >= 4 is 11.6 Å². The van der Waals surface area contributed by atoms with Gasteiger partial charge in [-0.3, -0.25) is 9.20 Å². The molecule has 148 valence electrons. The summed E-state index contributed by atoms with van der Waals surface area (Å²) in [5, 5.41) is 16.9. The normalized spacial score (nSPS) is 15.1. The first-order valence-electron chi connectivity index (χ1n) is 9.10. The summed E-state index contributed by atoms with van der Waals surface area (Å²) in [6.45, 7) is 0.658. The van der Waals surface area contributed by atoms with Crippen molar-refractivity contribution in [1.82, 2.24) is 19.5 Å². The van der Waals surface area contributed by atoms with Crippen LogP contribution < -0.4 is 0 Å². The summed E-state index contributed by atoms with van der Waals surface area (Å²) >= 11 is 0. The van der Waals surface area contributed by atoms with Crippen LogP contribution >= 0.6 is 0 Å². The number of hydrogen-bond acceptors (Lipinski definition) is 4. The number of nitriles is 1. The lowest BCUT2D eigenvalue weighted by Crippen LogP contribution is -2.39. The Labute approximate surface area is 164 Å². The van der Waals surface area contributed by atoms with Gasteiger partial charge in [-0.15, -0.1) is 10.2 Å². The highest BCUT2D eigenvalue weighted by Gasteiger charge is 2.30. The Morgan fingerprint density at radius 2 is 1.93 bits per heavy atom. The standard InChI is InChI=1S/C20H16F3N5O/c21-15-3-1-2-14(17(15)18(22)23)13-6-8-27(9-7-13)20(29)19-26-25-16-5-4-12(10-24)11-28(16)19/h1-5,11,13,18H,6-9H2. The number of pyridine rings is 1. The molecule has 0 saturated carbocycles. The van der Waals surface area contributed by atoms with Crippen molar-refractivity contribution in [3.8, 4) is 6.07 Å². The number of halogens is 3. The molecule has 1 aromatic carbocycles. The van der Waals surface area contributed by atoms with Gasteiger partial charge in [0, 0.05) is 19.3 Å². The summed E-state index contributed by atoms with van der Waals surface area (Å²) in [6, 6.07) is 9.19. The van der Waals surface area contributed by atoms with Gasteiger partial charge in [-0.2, -0.15) is 5.26 Å². The molecule has 1 amide bonds. The molecule has 1 aliphatic heterocycles. The Hall–Kier alpha value is -3.41. The fourth-order valence-electron chi connectivity index (χ4n) is 3.78. The van der Waals surface area contributed by atoms with Gasteiger partial charge in [0.15, 0.2) is 5.65 Å². The third-order valence-electron chi connectivity index (χ3n) is 5.25. The molecule has 3 heterocycles. The summed E-state index contributed by atoms with van der Waals surface area (Å²) in [7, 11) is 0. The smallest absolute Gasteiger partial charge is 0.292 e. The number of nitrogens with zero attached hydrogens (tertiary/aromatic N) is 5. The lowest BCUT2D eigenvalue weighted by molar-refractivity contribution is 0.0696. The summed E-state index contributed by atoms with van der Waals surface area (Å²) in [5.74, 6) is -1.41. The molecule has 0 atom stereocenters. The first kappa shape index (κ1) is 18.9. The van der Waals surface area contributed by atoms with Crippen LogP contribution in [-0.2, 0) is 0 Å². The maximum Gasteiger partial charge on any atom is 0.292 e. The number of benzene rings is 1. The van der Waals surface area contributed by atoms with E-state index in [9.17, 15) is 18.0 Å². The topological polar surface area (TPSA) is 74.3 Å². The number of carbonyl (C=O) groups is 1. The Morgan fingerprint density at radius 1 is 1.17 bits per heavy atom. The zero-order chi connectivity index (χ0) is 20.5. The molecular formula is C20H16F3N5O. The molecule has 2 aromatic heterocycles. The van der Waals surface area contributed by atoms with Gasteiger partial charge in [0.05, 0.1) is 11.1 Å². The van der Waals surface area contributed by atoms with Crippen LogP contribution in [0.4, 0.5) is 13.2 Å². The zero-order valence-corrected chi connectivity index (χ0v) is 15.2. The zero-order valence-electron chi connectivity index (χ0n) is 15.2. The number of alkyl halides is 2. The van der Waals surface area contributed by atoms with Gasteiger partial charge in [-0.05, 0) is 42.5 Å². The minimum absolute atomic E-state index is 0.0922. The molecule has 1 fully saturated rings. The van der Waals surface area contributed by atoms with Crippen LogP contribution in [-0.4, -0.2) is 38.5 Å². The number of fused-ring (bicyclic) bond motifs is 1. The number of likely N-dealkylation sites (tertiary alicyclic amines) is 1. The van der Waals surface area contributed by atoms with Gasteiger partial charge >= 0.3 is 0 Å². The molecular weight excluding hydrogens is 383 g/mol. The highest BCUT2D eigenvalue weighted by molar-refractivity contribution is 5.91. The molecule has 9 heteroatoms. The number of rotatable bonds is 3. The summed E-state index contributed by atoms with van der Waals surface area (Å²) in [5.41, 5.74) is 0.572. The molecule has 0 spiro atoms. The van der Waals surface area contributed by atoms with Crippen LogP contribution in [0.1, 0.15) is 52.5 Å². The number of piperidine rings is 1. The molecule has 1 aliphatic rings. The predicted molar refractivity (Wildman–Crippen MR) is 96.9 cm³/mol. The molecule has 6 nitrogen and oxygen atoms in total. The molecule has 0 unspecified atom stereocenters. The van der Waals surface area contributed by atoms with Crippen molar-refractivity contribution < 1.29 is 18.0 Å². The average molecular weight is 399 g/mol. The lowest BCUT2D eigenvalue weighted by atomic mass is 9.86. The highest BCUT2D eigenvalue weighted by atomic mass is 19.3. The van der Waals surface area contributed by atoms with E-state index in [0.29, 0.717) is 42.7 Å². The Bertz CT molecular complexity index is 1110. The van der Waals surface area contributed by atoms with Crippen LogP contribution in [0, 0.1) is 17.1 Å². The SMILES string of the molecule is N#Cc1ccc2nnc(C(=O)N3CCC(c4cccc(F)c4C(F)F)CC3)n2c1. The van der Waals surface area contributed by atoms with Crippen molar-refractivity contribution in [3.63, 3.8) is 0 Å². The van der Waals surface area contributed by atoms with Crippen molar-refractivity contribution in [2.45, 2.75) is 25.2 Å². The van der Waals surface area contributed by atoms with E-state index in [1.54, 1.807) is 17.0 Å². The van der Waals surface area contributed by atoms with Gasteiger partial charge < -0.3 is 4.90 Å². The fraction of sp³-hybridized carbons (Fsp3) is 0.300. The Morgan fingerprint density at radius 3 is 2.62 bits per heavy atom. The second-order valence-electron chi connectivity index (χ2n) is 6.89. The van der Waals surface area contributed by atoms with Crippen molar-refractivity contribution in [3.05, 3.63) is 64.9 Å². The Kier molecular flexibility index (Phi) is 4.92. The van der Waals surface area contributed by atoms with Gasteiger partial charge in [0.2, 0.25) is 5.82 Å². The first-order valence-corrected chi connectivity index (χ1v) is 9.10. The van der Waals surface area contributed by atoms with Gasteiger partial charge in [0.25, 0.3) is 12.3 Å². The monoisotopic (exact) mass is 399 g/mol. The third-order valence-corrected chi connectivity index (χ3v) is 5.25. The Balaban J connectivity index is 1.53. The predicted octanol–water partition coefficient (Wildman–Crippen LogP) is 3.70. The number of aromatic nitrogens is 3. The minimum atomic E-state index is -2.89. The van der Waals surface area contributed by atoms with E-state index in [4.69, 9.17) is 5.26 Å². The van der Waals surface area contributed by atoms with Crippen molar-refractivity contribution in [1.29, 1.82) is 5.26 Å². The molecule has 29 heavy (non-hydrogen) atoms. The van der Waals surface area contributed by atoms with Gasteiger partial charge in [-0.25, -0.2) is 13.2 Å². The minimum Gasteiger partial charge on any atom is -0.336 e. The van der Waals surface area contributed by atoms with Crippen LogP contribution in [0.2, 0.25) is 0 Å². The lowest BCUT2D eigenvalue weighted by Gasteiger charge is -2.32. The first-order chi connectivity index (χ1) is 14.0. The maximum absolute atomic E-state index is 13.9. The van der Waals surface area contributed by atoms with E-state index in [0.717, 1.165) is 6.07 Å². The molecule has 1 saturated heterocycles. The summed E-state index contributed by atoms with van der Waals surface area (Å²) < 4.78 is 41.9. The summed E-state index contributed by atoms with van der Waals surface area (Å²) in [4.78, 5) is 14.5. The second kappa shape index (κ2) is 7.54. The number of carbonyl (C=O) groups excluding carboxylic acids is 1. The van der Waals surface area contributed by atoms with E-state index >= 15 is 0 Å². The molecule has 0 N–H and O–H groups in total. The van der Waals surface area contributed by atoms with E-state index in [-0.39, 0.29) is 17.6 Å². The molecule has 3 aromatic rings. The largest absolute Gasteiger partial charge is 0.336 e. The van der Waals surface area contributed by atoms with E-state index in [2.05, 4.69) is 10.2 Å². The molecule has 4 rings (SSSR count). The van der Waals surface area contributed by atoms with Crippen LogP contribution in [0.3, 0.4) is 0 Å². The van der Waals surface area contributed by atoms with Crippen LogP contribution in [0.25, 0.3) is 5.65 Å². The van der Waals surface area contributed by atoms with Gasteiger partial charge in [-0.1, -0.05) is 12.1 Å². The molecule has 0 bridgehead atoms. The second-order valence-corrected chi connectivity index (χ2v) is 6.89. The van der Waals surface area contributed by atoms with Crippen LogP contribution in [0.5, 0.6) is 0 Å². The van der Waals surface area contributed by atoms with Crippen molar-refractivity contribution in [2.75, 3.05) is 13.1 Å². The van der Waals surface area contributed by atoms with E-state index < -0.39 is 17.8 Å². The van der Waals surface area contributed by atoms with E-state index in [1.165, 1.54) is 22.7 Å². The van der Waals surface area contributed by atoms with E-state index in [1.807, 2.05) is 6.07 Å². The number of amides is 1. The molecule has 0 aliphatic carbocycles. The van der Waals surface area contributed by atoms with Crippen molar-refractivity contribution in [2.24, 2.45) is 0 Å². The van der Waals surface area contributed by atoms with Crippen LogP contribution in [0.15, 0.2) is 36.5 Å². The quantitative estimate of drug-likeness (QED) is 0.673. The fourth-order valence-corrected chi connectivity index (χ4v) is 3.78. The van der Waals surface area contributed by atoms with Gasteiger partial charge in [0.1, 0.15) is 11.9 Å². The average Bonchev–Trinajstić information content (AvgIpc) is 3.16. The highest BCUT2D eigenvalue weighted by Crippen LogP contribution is 2.36.